The van der Waals surface area contributed by atoms with E-state index in [0.29, 0.717) is 10.0 Å². The second kappa shape index (κ2) is 10.3. The van der Waals surface area contributed by atoms with Crippen LogP contribution in [0.25, 0.3) is 10.7 Å². The number of hydrogen-bond donors (Lipinski definition) is 0. The van der Waals surface area contributed by atoms with Gasteiger partial charge in [-0.25, -0.2) is 9.97 Å². The average Bonchev–Trinajstić information content (AvgIpc) is 3.42. The van der Waals surface area contributed by atoms with E-state index in [-0.39, 0.29) is 6.04 Å². The number of nitrogens with zero attached hydrogens (tertiary/aromatic N) is 3. The monoisotopic (exact) mass is 503 g/mol. The Morgan fingerprint density at radius 3 is 2.47 bits per heavy atom. The van der Waals surface area contributed by atoms with E-state index in [1.807, 2.05) is 42.7 Å². The van der Waals surface area contributed by atoms with Crippen molar-refractivity contribution in [3.05, 3.63) is 80.9 Å². The highest BCUT2D eigenvalue weighted by molar-refractivity contribution is 7.98. The van der Waals surface area contributed by atoms with Crippen molar-refractivity contribution in [1.29, 1.82) is 0 Å². The van der Waals surface area contributed by atoms with Crippen LogP contribution in [0.2, 0.25) is 10.0 Å². The van der Waals surface area contributed by atoms with Crippen molar-refractivity contribution in [3.8, 4) is 16.5 Å². The molecule has 0 N–H and O–H groups in total. The highest BCUT2D eigenvalue weighted by Gasteiger charge is 2.23. The average molecular weight is 505 g/mol. The number of benzene rings is 2. The first kappa shape index (κ1) is 23.2. The summed E-state index contributed by atoms with van der Waals surface area (Å²) in [6.45, 7) is 4.24. The summed E-state index contributed by atoms with van der Waals surface area (Å²) in [5.41, 5.74) is 3.32. The molecule has 2 heterocycles. The SMILES string of the molecule is CCC(c1ccc(Cl)c(Cl)c1)n1c(-c2ncc(C)s2)cnc1SCc1ccc(OC)cc1. The van der Waals surface area contributed by atoms with Crippen molar-refractivity contribution in [3.63, 3.8) is 0 Å². The van der Waals surface area contributed by atoms with Crippen LogP contribution in [0.5, 0.6) is 5.75 Å². The minimum absolute atomic E-state index is 0.0600. The third kappa shape index (κ3) is 4.99. The normalized spacial score (nSPS) is 12.2. The van der Waals surface area contributed by atoms with Crippen LogP contribution < -0.4 is 4.74 Å². The molecular formula is C24H23Cl2N3OS2. The summed E-state index contributed by atoms with van der Waals surface area (Å²) in [6, 6.07) is 14.0. The minimum Gasteiger partial charge on any atom is -0.497 e. The van der Waals surface area contributed by atoms with Gasteiger partial charge in [-0.05, 0) is 48.7 Å². The van der Waals surface area contributed by atoms with Gasteiger partial charge in [0.1, 0.15) is 10.8 Å². The standard InChI is InChI=1S/C24H23Cl2N3OS2/c1-4-21(17-7-10-19(25)20(26)11-17)29-22(23-27-12-15(2)32-23)13-28-24(29)31-14-16-5-8-18(30-3)9-6-16/h5-13,21H,4,14H2,1-3H3. The molecule has 0 aliphatic carbocycles. The number of hydrogen-bond acceptors (Lipinski definition) is 5. The fraction of sp³-hybridized carbons (Fsp3) is 0.250. The molecule has 0 aliphatic rings. The van der Waals surface area contributed by atoms with Crippen molar-refractivity contribution in [1.82, 2.24) is 14.5 Å². The Bertz CT molecular complexity index is 1200. The summed E-state index contributed by atoms with van der Waals surface area (Å²) in [5.74, 6) is 1.65. The zero-order chi connectivity index (χ0) is 22.7. The van der Waals surface area contributed by atoms with Gasteiger partial charge < -0.3 is 9.30 Å². The summed E-state index contributed by atoms with van der Waals surface area (Å²) in [5, 5.41) is 3.02. The molecule has 166 valence electrons. The summed E-state index contributed by atoms with van der Waals surface area (Å²) < 4.78 is 7.55. The molecule has 4 rings (SSSR count). The highest BCUT2D eigenvalue weighted by atomic mass is 35.5. The zero-order valence-corrected chi connectivity index (χ0v) is 21.2. The molecule has 1 atom stereocenters. The minimum atomic E-state index is 0.0600. The van der Waals surface area contributed by atoms with E-state index in [0.717, 1.165) is 39.3 Å². The Morgan fingerprint density at radius 1 is 1.06 bits per heavy atom. The molecule has 1 unspecified atom stereocenters. The lowest BCUT2D eigenvalue weighted by atomic mass is 10.0. The summed E-state index contributed by atoms with van der Waals surface area (Å²) in [4.78, 5) is 10.6. The molecule has 0 saturated carbocycles. The Morgan fingerprint density at radius 2 is 1.84 bits per heavy atom. The van der Waals surface area contributed by atoms with E-state index in [4.69, 9.17) is 32.9 Å². The lowest BCUT2D eigenvalue weighted by molar-refractivity contribution is 0.414. The highest BCUT2D eigenvalue weighted by Crippen LogP contribution is 2.38. The number of imidazole rings is 1. The molecule has 0 saturated heterocycles. The van der Waals surface area contributed by atoms with E-state index >= 15 is 0 Å². The first-order valence-electron chi connectivity index (χ1n) is 10.2. The molecule has 0 bridgehead atoms. The molecule has 0 radical (unpaired) electrons. The molecule has 2 aromatic carbocycles. The summed E-state index contributed by atoms with van der Waals surface area (Å²) in [7, 11) is 1.68. The third-order valence-electron chi connectivity index (χ3n) is 5.16. The Balaban J connectivity index is 1.72. The summed E-state index contributed by atoms with van der Waals surface area (Å²) in [6.07, 6.45) is 4.71. The molecule has 32 heavy (non-hydrogen) atoms. The summed E-state index contributed by atoms with van der Waals surface area (Å²) >= 11 is 15.9. The van der Waals surface area contributed by atoms with Crippen molar-refractivity contribution >= 4 is 46.3 Å². The maximum Gasteiger partial charge on any atom is 0.169 e. The van der Waals surface area contributed by atoms with Gasteiger partial charge in [-0.15, -0.1) is 11.3 Å². The van der Waals surface area contributed by atoms with Gasteiger partial charge in [0, 0.05) is 16.8 Å². The predicted octanol–water partition coefficient (Wildman–Crippen LogP) is 7.92. The number of aromatic nitrogens is 3. The fourth-order valence-electron chi connectivity index (χ4n) is 3.54. The molecule has 2 aromatic heterocycles. The molecule has 0 amide bonds. The Kier molecular flexibility index (Phi) is 7.46. The van der Waals surface area contributed by atoms with E-state index in [2.05, 4.69) is 35.5 Å². The van der Waals surface area contributed by atoms with E-state index in [9.17, 15) is 0 Å². The Hall–Kier alpha value is -1.99. The number of halogens is 2. The topological polar surface area (TPSA) is 39.9 Å². The van der Waals surface area contributed by atoms with Gasteiger partial charge in [0.25, 0.3) is 0 Å². The number of thiazole rings is 1. The van der Waals surface area contributed by atoms with Crippen molar-refractivity contribution in [2.45, 2.75) is 37.2 Å². The van der Waals surface area contributed by atoms with Gasteiger partial charge in [-0.2, -0.15) is 0 Å². The number of methoxy groups -OCH3 is 1. The van der Waals surface area contributed by atoms with Gasteiger partial charge in [0.2, 0.25) is 0 Å². The van der Waals surface area contributed by atoms with Crippen molar-refractivity contribution in [2.24, 2.45) is 0 Å². The molecule has 0 aliphatic heterocycles. The van der Waals surface area contributed by atoms with E-state index in [1.54, 1.807) is 30.2 Å². The smallest absolute Gasteiger partial charge is 0.169 e. The van der Waals surface area contributed by atoms with Crippen LogP contribution >= 0.6 is 46.3 Å². The molecule has 4 aromatic rings. The maximum atomic E-state index is 6.36. The van der Waals surface area contributed by atoms with Crippen LogP contribution in [0.1, 0.15) is 35.4 Å². The predicted molar refractivity (Wildman–Crippen MR) is 136 cm³/mol. The van der Waals surface area contributed by atoms with Crippen LogP contribution in [-0.4, -0.2) is 21.6 Å². The molecular weight excluding hydrogens is 481 g/mol. The van der Waals surface area contributed by atoms with E-state index < -0.39 is 0 Å². The first-order chi connectivity index (χ1) is 15.5. The van der Waals surface area contributed by atoms with Crippen molar-refractivity contribution in [2.75, 3.05) is 7.11 Å². The third-order valence-corrected chi connectivity index (χ3v) is 7.87. The fourth-order valence-corrected chi connectivity index (χ4v) is 5.60. The second-order valence-corrected chi connectivity index (χ2v) is 10.3. The largest absolute Gasteiger partial charge is 0.497 e. The molecule has 0 fully saturated rings. The van der Waals surface area contributed by atoms with Crippen LogP contribution in [0.4, 0.5) is 0 Å². The van der Waals surface area contributed by atoms with Crippen LogP contribution in [0.3, 0.4) is 0 Å². The number of aryl methyl sites for hydroxylation is 1. The van der Waals surface area contributed by atoms with Crippen LogP contribution in [0.15, 0.2) is 60.0 Å². The van der Waals surface area contributed by atoms with Gasteiger partial charge >= 0.3 is 0 Å². The van der Waals surface area contributed by atoms with Crippen LogP contribution in [0, 0.1) is 6.92 Å². The molecule has 4 nitrogen and oxygen atoms in total. The van der Waals surface area contributed by atoms with Crippen molar-refractivity contribution < 1.29 is 4.74 Å². The number of rotatable bonds is 8. The lowest BCUT2D eigenvalue weighted by Gasteiger charge is -2.22. The quantitative estimate of drug-likeness (QED) is 0.229. The first-order valence-corrected chi connectivity index (χ1v) is 12.8. The molecule has 0 spiro atoms. The second-order valence-electron chi connectivity index (χ2n) is 7.31. The van der Waals surface area contributed by atoms with Gasteiger partial charge in [-0.1, -0.05) is 60.1 Å². The van der Waals surface area contributed by atoms with Gasteiger partial charge in [0.05, 0.1) is 35.1 Å². The molecule has 8 heteroatoms. The lowest BCUT2D eigenvalue weighted by Crippen LogP contribution is -2.12. The zero-order valence-electron chi connectivity index (χ0n) is 18.0. The maximum absolute atomic E-state index is 6.36. The van der Waals surface area contributed by atoms with Gasteiger partial charge in [0.15, 0.2) is 5.16 Å². The van der Waals surface area contributed by atoms with Crippen LogP contribution in [-0.2, 0) is 5.75 Å². The number of ether oxygens (including phenoxy) is 1. The van der Waals surface area contributed by atoms with Gasteiger partial charge in [-0.3, -0.25) is 0 Å². The Labute approximate surface area is 206 Å². The van der Waals surface area contributed by atoms with E-state index in [1.165, 1.54) is 10.4 Å². The number of thioether (sulfide) groups is 1.